The zero-order chi connectivity index (χ0) is 10.1. The fourth-order valence-corrected chi connectivity index (χ4v) is 1.77. The first-order chi connectivity index (χ1) is 5.92. The van der Waals surface area contributed by atoms with Crippen LogP contribution in [0.5, 0.6) is 0 Å². The summed E-state index contributed by atoms with van der Waals surface area (Å²) in [6.07, 6.45) is 2.02. The fourth-order valence-electron chi connectivity index (χ4n) is 1.77. The largest absolute Gasteiger partial charge is 0.465 e. The predicted molar refractivity (Wildman–Crippen MR) is 48.7 cm³/mol. The molecule has 0 aliphatic heterocycles. The van der Waals surface area contributed by atoms with Crippen molar-refractivity contribution in [3.8, 4) is 0 Å². The van der Waals surface area contributed by atoms with Crippen molar-refractivity contribution in [2.24, 2.45) is 0 Å². The Morgan fingerprint density at radius 2 is 1.92 bits per heavy atom. The minimum atomic E-state index is -0.883. The second kappa shape index (κ2) is 3.54. The van der Waals surface area contributed by atoms with Crippen molar-refractivity contribution >= 4 is 6.09 Å². The SMILES string of the molecule is CN(C(=O)O)[C@H]1CC[C@@](C)(O)CC1. The molecule has 76 valence electrons. The van der Waals surface area contributed by atoms with Crippen LogP contribution >= 0.6 is 0 Å². The first kappa shape index (κ1) is 10.3. The predicted octanol–water partition coefficient (Wildman–Crippen LogP) is 1.29. The summed E-state index contributed by atoms with van der Waals surface area (Å²) < 4.78 is 0. The van der Waals surface area contributed by atoms with E-state index in [0.29, 0.717) is 12.8 Å². The zero-order valence-corrected chi connectivity index (χ0v) is 8.16. The summed E-state index contributed by atoms with van der Waals surface area (Å²) in [7, 11) is 1.59. The van der Waals surface area contributed by atoms with E-state index in [1.165, 1.54) is 4.90 Å². The molecule has 1 aliphatic carbocycles. The van der Waals surface area contributed by atoms with E-state index in [4.69, 9.17) is 5.11 Å². The average molecular weight is 187 g/mol. The topological polar surface area (TPSA) is 60.8 Å². The molecule has 0 heterocycles. The van der Waals surface area contributed by atoms with Crippen LogP contribution < -0.4 is 0 Å². The molecule has 0 saturated heterocycles. The lowest BCUT2D eigenvalue weighted by Gasteiger charge is -2.36. The number of amides is 1. The number of aliphatic hydroxyl groups is 1. The molecule has 4 heteroatoms. The van der Waals surface area contributed by atoms with Crippen molar-refractivity contribution < 1.29 is 15.0 Å². The Hall–Kier alpha value is -0.770. The summed E-state index contributed by atoms with van der Waals surface area (Å²) >= 11 is 0. The summed E-state index contributed by atoms with van der Waals surface area (Å²) in [6.45, 7) is 1.81. The molecule has 2 N–H and O–H groups in total. The molecule has 0 aromatic heterocycles. The van der Waals surface area contributed by atoms with E-state index in [0.717, 1.165) is 12.8 Å². The number of carbonyl (C=O) groups is 1. The molecule has 0 unspecified atom stereocenters. The molecule has 0 bridgehead atoms. The van der Waals surface area contributed by atoms with Gasteiger partial charge in [0.2, 0.25) is 0 Å². The van der Waals surface area contributed by atoms with Crippen LogP contribution in [0.15, 0.2) is 0 Å². The van der Waals surface area contributed by atoms with Gasteiger partial charge in [0.1, 0.15) is 0 Å². The van der Waals surface area contributed by atoms with Crippen molar-refractivity contribution in [1.29, 1.82) is 0 Å². The van der Waals surface area contributed by atoms with Crippen LogP contribution in [0.1, 0.15) is 32.6 Å². The molecular formula is C9H17NO3. The summed E-state index contributed by atoms with van der Waals surface area (Å²) in [5.74, 6) is 0. The van der Waals surface area contributed by atoms with Gasteiger partial charge in [-0.15, -0.1) is 0 Å². The standard InChI is InChI=1S/C9H17NO3/c1-9(13)5-3-7(4-6-9)10(2)8(11)12/h7,13H,3-6H2,1-2H3,(H,11,12)/t7-,9+. The molecule has 1 fully saturated rings. The molecule has 0 spiro atoms. The lowest BCUT2D eigenvalue weighted by Crippen LogP contribution is -2.42. The van der Waals surface area contributed by atoms with E-state index >= 15 is 0 Å². The normalized spacial score (nSPS) is 34.2. The molecule has 0 atom stereocenters. The van der Waals surface area contributed by atoms with E-state index in [1.54, 1.807) is 7.05 Å². The van der Waals surface area contributed by atoms with Gasteiger partial charge in [0.05, 0.1) is 5.60 Å². The van der Waals surface area contributed by atoms with Gasteiger partial charge >= 0.3 is 6.09 Å². The third-order valence-corrected chi connectivity index (χ3v) is 2.88. The van der Waals surface area contributed by atoms with Gasteiger partial charge in [0.15, 0.2) is 0 Å². The van der Waals surface area contributed by atoms with Gasteiger partial charge in [-0.3, -0.25) is 0 Å². The molecule has 0 aromatic rings. The smallest absolute Gasteiger partial charge is 0.407 e. The van der Waals surface area contributed by atoms with Crippen LogP contribution in [-0.4, -0.2) is 39.9 Å². The second-order valence-corrected chi connectivity index (χ2v) is 4.12. The van der Waals surface area contributed by atoms with Gasteiger partial charge in [0.25, 0.3) is 0 Å². The van der Waals surface area contributed by atoms with Crippen molar-refractivity contribution in [2.45, 2.75) is 44.2 Å². The maximum Gasteiger partial charge on any atom is 0.407 e. The molecule has 1 rings (SSSR count). The highest BCUT2D eigenvalue weighted by Gasteiger charge is 2.31. The molecule has 0 radical (unpaired) electrons. The first-order valence-corrected chi connectivity index (χ1v) is 4.60. The Balaban J connectivity index is 2.45. The monoisotopic (exact) mass is 187 g/mol. The minimum absolute atomic E-state index is 0.0812. The van der Waals surface area contributed by atoms with Crippen LogP contribution in [0.2, 0.25) is 0 Å². The Morgan fingerprint density at radius 3 is 2.31 bits per heavy atom. The van der Waals surface area contributed by atoms with Crippen molar-refractivity contribution in [3.05, 3.63) is 0 Å². The Kier molecular flexibility index (Phi) is 2.81. The summed E-state index contributed by atoms with van der Waals surface area (Å²) in [5.41, 5.74) is -0.587. The zero-order valence-electron chi connectivity index (χ0n) is 8.16. The summed E-state index contributed by atoms with van der Waals surface area (Å²) in [4.78, 5) is 12.0. The molecule has 1 aliphatic rings. The lowest BCUT2D eigenvalue weighted by atomic mass is 9.83. The van der Waals surface area contributed by atoms with Gasteiger partial charge in [-0.1, -0.05) is 0 Å². The van der Waals surface area contributed by atoms with Crippen LogP contribution in [0.3, 0.4) is 0 Å². The second-order valence-electron chi connectivity index (χ2n) is 4.12. The van der Waals surface area contributed by atoms with Crippen LogP contribution in [0, 0.1) is 0 Å². The molecular weight excluding hydrogens is 170 g/mol. The van der Waals surface area contributed by atoms with Gasteiger partial charge in [-0.2, -0.15) is 0 Å². The minimum Gasteiger partial charge on any atom is -0.465 e. The summed E-state index contributed by atoms with van der Waals surface area (Å²) in [5, 5.41) is 18.4. The quantitative estimate of drug-likeness (QED) is 0.650. The Bertz CT molecular complexity index is 193. The maximum absolute atomic E-state index is 10.6. The number of nitrogens with zero attached hydrogens (tertiary/aromatic N) is 1. The fraction of sp³-hybridized carbons (Fsp3) is 0.889. The maximum atomic E-state index is 10.6. The van der Waals surface area contributed by atoms with Gasteiger partial charge < -0.3 is 15.1 Å². The highest BCUT2D eigenvalue weighted by Crippen LogP contribution is 2.29. The number of hydrogen-bond donors (Lipinski definition) is 2. The van der Waals surface area contributed by atoms with Crippen LogP contribution in [-0.2, 0) is 0 Å². The van der Waals surface area contributed by atoms with Crippen molar-refractivity contribution in [1.82, 2.24) is 4.90 Å². The van der Waals surface area contributed by atoms with Crippen LogP contribution in [0.4, 0.5) is 4.79 Å². The average Bonchev–Trinajstić information content (AvgIpc) is 2.03. The number of rotatable bonds is 1. The molecule has 1 saturated carbocycles. The van der Waals surface area contributed by atoms with Gasteiger partial charge in [-0.25, -0.2) is 4.79 Å². The van der Waals surface area contributed by atoms with E-state index in [1.807, 2.05) is 6.92 Å². The molecule has 0 aromatic carbocycles. The van der Waals surface area contributed by atoms with E-state index in [9.17, 15) is 9.90 Å². The highest BCUT2D eigenvalue weighted by molar-refractivity contribution is 5.64. The van der Waals surface area contributed by atoms with Gasteiger partial charge in [-0.05, 0) is 32.6 Å². The number of carboxylic acid groups (broad SMARTS) is 1. The summed E-state index contributed by atoms with van der Waals surface area (Å²) in [6, 6.07) is 0.0812. The molecule has 1 amide bonds. The van der Waals surface area contributed by atoms with Gasteiger partial charge in [0, 0.05) is 13.1 Å². The third-order valence-electron chi connectivity index (χ3n) is 2.88. The van der Waals surface area contributed by atoms with Crippen LogP contribution in [0.25, 0.3) is 0 Å². The highest BCUT2D eigenvalue weighted by atomic mass is 16.4. The number of hydrogen-bond acceptors (Lipinski definition) is 2. The van der Waals surface area contributed by atoms with E-state index < -0.39 is 11.7 Å². The third kappa shape index (κ3) is 2.59. The Labute approximate surface area is 78.2 Å². The lowest BCUT2D eigenvalue weighted by molar-refractivity contribution is 0.000412. The molecule has 13 heavy (non-hydrogen) atoms. The Morgan fingerprint density at radius 1 is 1.46 bits per heavy atom. The van der Waals surface area contributed by atoms with Crippen molar-refractivity contribution in [3.63, 3.8) is 0 Å². The molecule has 4 nitrogen and oxygen atoms in total. The first-order valence-electron chi connectivity index (χ1n) is 4.60. The van der Waals surface area contributed by atoms with E-state index in [-0.39, 0.29) is 6.04 Å². The van der Waals surface area contributed by atoms with E-state index in [2.05, 4.69) is 0 Å². The van der Waals surface area contributed by atoms with Crippen molar-refractivity contribution in [2.75, 3.05) is 7.05 Å².